The lowest BCUT2D eigenvalue weighted by atomic mass is 9.94. The standard InChI is InChI=1S/C13H17N2O7P/c1-6-4-15(12(18)14-10(6)17)11-8-9(16)13(21-11,5-20-8)7(2)22-23(3)19/h4,7-9,11,16H,5H2,1-3H3/p+1/t7-,8+,9-,11+,13+/m0/s1. The summed E-state index contributed by atoms with van der Waals surface area (Å²) in [7, 11) is -1.89. The fourth-order valence-electron chi connectivity index (χ4n) is 3.07. The summed E-state index contributed by atoms with van der Waals surface area (Å²) in [4.78, 5) is 25.7. The van der Waals surface area contributed by atoms with E-state index in [-0.39, 0.29) is 6.61 Å². The smallest absolute Gasteiger partial charge is 0.387 e. The van der Waals surface area contributed by atoms with Crippen molar-refractivity contribution in [2.45, 2.75) is 44.0 Å². The molecule has 0 radical (unpaired) electrons. The monoisotopic (exact) mass is 345 g/mol. The number of H-pyrrole nitrogens is 1. The molecule has 1 unspecified atom stereocenters. The van der Waals surface area contributed by atoms with E-state index in [1.165, 1.54) is 17.4 Å². The maximum absolute atomic E-state index is 12.0. The van der Waals surface area contributed by atoms with Crippen molar-refractivity contribution in [3.8, 4) is 0 Å². The second-order valence-electron chi connectivity index (χ2n) is 5.85. The van der Waals surface area contributed by atoms with Gasteiger partial charge in [0.05, 0.1) is 6.61 Å². The van der Waals surface area contributed by atoms with Crippen molar-refractivity contribution < 1.29 is 23.7 Å². The molecule has 23 heavy (non-hydrogen) atoms. The maximum atomic E-state index is 12.0. The Kier molecular flexibility index (Phi) is 4.02. The number of nitrogens with zero attached hydrogens (tertiary/aromatic N) is 1. The van der Waals surface area contributed by atoms with Gasteiger partial charge in [0.1, 0.15) is 18.3 Å². The number of aromatic nitrogens is 2. The minimum Gasteiger partial charge on any atom is -0.387 e. The highest BCUT2D eigenvalue weighted by Crippen LogP contribution is 2.48. The number of aliphatic hydroxyl groups is 1. The molecule has 2 N–H and O–H groups in total. The van der Waals surface area contributed by atoms with Crippen LogP contribution in [0.3, 0.4) is 0 Å². The maximum Gasteiger partial charge on any atom is 0.505 e. The predicted molar refractivity (Wildman–Crippen MR) is 78.7 cm³/mol. The van der Waals surface area contributed by atoms with Gasteiger partial charge in [0.25, 0.3) is 5.56 Å². The fraction of sp³-hybridized carbons (Fsp3) is 0.692. The third-order valence-electron chi connectivity index (χ3n) is 4.35. The minimum absolute atomic E-state index is 0.0662. The van der Waals surface area contributed by atoms with Gasteiger partial charge in [-0.1, -0.05) is 0 Å². The molecule has 3 rings (SSSR count). The molecule has 0 saturated carbocycles. The van der Waals surface area contributed by atoms with Gasteiger partial charge in [0, 0.05) is 11.8 Å². The van der Waals surface area contributed by atoms with Gasteiger partial charge in [-0.3, -0.25) is 14.3 Å². The van der Waals surface area contributed by atoms with Gasteiger partial charge >= 0.3 is 13.7 Å². The summed E-state index contributed by atoms with van der Waals surface area (Å²) < 4.78 is 29.3. The van der Waals surface area contributed by atoms with Crippen LogP contribution in [0.25, 0.3) is 0 Å². The molecular formula is C13H18N2O7P+. The highest BCUT2D eigenvalue weighted by molar-refractivity contribution is 7.38. The molecule has 10 heteroatoms. The number of aliphatic hydroxyl groups excluding tert-OH is 1. The van der Waals surface area contributed by atoms with E-state index in [1.54, 1.807) is 13.8 Å². The number of ether oxygens (including phenoxy) is 2. The van der Waals surface area contributed by atoms with Crippen molar-refractivity contribution in [2.24, 2.45) is 0 Å². The quantitative estimate of drug-likeness (QED) is 0.716. The van der Waals surface area contributed by atoms with Gasteiger partial charge < -0.3 is 14.6 Å². The summed E-state index contributed by atoms with van der Waals surface area (Å²) in [6.07, 6.45) is -2.05. The first kappa shape index (κ1) is 16.5. The molecule has 1 aromatic heterocycles. The first-order chi connectivity index (χ1) is 10.8. The van der Waals surface area contributed by atoms with Crippen LogP contribution in [0.5, 0.6) is 0 Å². The van der Waals surface area contributed by atoms with Crippen molar-refractivity contribution in [1.82, 2.24) is 9.55 Å². The van der Waals surface area contributed by atoms with Crippen LogP contribution < -0.4 is 11.2 Å². The second kappa shape index (κ2) is 5.61. The van der Waals surface area contributed by atoms with Crippen molar-refractivity contribution in [3.05, 3.63) is 32.6 Å². The second-order valence-corrected chi connectivity index (χ2v) is 6.94. The van der Waals surface area contributed by atoms with Gasteiger partial charge in [-0.2, -0.15) is 0 Å². The number of rotatable bonds is 4. The SMILES string of the molecule is Cc1cn([C@@H]2O[C@@]3([C@H](C)O[P+](C)=O)CO[C@@H]2[C@@H]3O)c(=O)[nH]c1=O. The number of nitrogens with one attached hydrogen (secondary N) is 1. The molecule has 0 aromatic carbocycles. The number of hydrogen-bond acceptors (Lipinski definition) is 7. The van der Waals surface area contributed by atoms with Crippen LogP contribution in [0.4, 0.5) is 0 Å². The summed E-state index contributed by atoms with van der Waals surface area (Å²) in [6, 6.07) is 0. The van der Waals surface area contributed by atoms with Crippen molar-refractivity contribution in [2.75, 3.05) is 13.3 Å². The number of aryl methyl sites for hydroxylation is 1. The Labute approximate surface area is 132 Å². The zero-order valence-corrected chi connectivity index (χ0v) is 13.8. The molecule has 2 saturated heterocycles. The molecule has 9 nitrogen and oxygen atoms in total. The van der Waals surface area contributed by atoms with E-state index >= 15 is 0 Å². The topological polar surface area (TPSA) is 120 Å². The van der Waals surface area contributed by atoms with Crippen LogP contribution in [0, 0.1) is 6.92 Å². The molecule has 2 fully saturated rings. The van der Waals surface area contributed by atoms with Gasteiger partial charge in [-0.25, -0.2) is 4.79 Å². The van der Waals surface area contributed by atoms with Gasteiger partial charge in [0.2, 0.25) is 0 Å². The summed E-state index contributed by atoms with van der Waals surface area (Å²) >= 11 is 0. The highest BCUT2D eigenvalue weighted by atomic mass is 31.1. The van der Waals surface area contributed by atoms with E-state index in [9.17, 15) is 19.3 Å². The Bertz CT molecular complexity index is 759. The number of fused-ring (bicyclic) bond motifs is 2. The fourth-order valence-corrected chi connectivity index (χ4v) is 3.69. The Morgan fingerprint density at radius 3 is 2.91 bits per heavy atom. The minimum atomic E-state index is -1.89. The van der Waals surface area contributed by atoms with Crippen LogP contribution in [-0.4, -0.2) is 51.8 Å². The molecule has 3 heterocycles. The van der Waals surface area contributed by atoms with E-state index in [0.29, 0.717) is 5.56 Å². The van der Waals surface area contributed by atoms with Crippen molar-refractivity contribution in [1.29, 1.82) is 0 Å². The summed E-state index contributed by atoms with van der Waals surface area (Å²) in [5.41, 5.74) is -2.01. The largest absolute Gasteiger partial charge is 0.505 e. The molecule has 2 bridgehead atoms. The molecule has 126 valence electrons. The van der Waals surface area contributed by atoms with Crippen LogP contribution in [0.15, 0.2) is 15.8 Å². The lowest BCUT2D eigenvalue weighted by Crippen LogP contribution is -2.50. The Hall–Kier alpha value is -1.38. The van der Waals surface area contributed by atoms with Crippen LogP contribution in [-0.2, 0) is 18.6 Å². The summed E-state index contributed by atoms with van der Waals surface area (Å²) in [5, 5.41) is 10.5. The van der Waals surface area contributed by atoms with E-state index in [2.05, 4.69) is 4.98 Å². The summed E-state index contributed by atoms with van der Waals surface area (Å²) in [5.74, 6) is 0. The average molecular weight is 345 g/mol. The molecule has 2 aliphatic rings. The number of hydrogen-bond donors (Lipinski definition) is 2. The molecule has 0 aliphatic carbocycles. The van der Waals surface area contributed by atoms with Crippen molar-refractivity contribution >= 4 is 8.03 Å². The highest BCUT2D eigenvalue weighted by Gasteiger charge is 2.66. The Balaban J connectivity index is 1.97. The molecular weight excluding hydrogens is 327 g/mol. The average Bonchev–Trinajstić information content (AvgIpc) is 2.94. The van der Waals surface area contributed by atoms with Crippen LogP contribution in [0.1, 0.15) is 18.7 Å². The van der Waals surface area contributed by atoms with E-state index < -0.39 is 49.4 Å². The van der Waals surface area contributed by atoms with Gasteiger partial charge in [0.15, 0.2) is 18.5 Å². The first-order valence-corrected chi connectivity index (χ1v) is 8.76. The number of aromatic amines is 1. The lowest BCUT2D eigenvalue weighted by Gasteiger charge is -2.33. The first-order valence-electron chi connectivity index (χ1n) is 7.13. The van der Waals surface area contributed by atoms with E-state index in [0.717, 1.165) is 0 Å². The summed E-state index contributed by atoms with van der Waals surface area (Å²) in [6.45, 7) is 4.67. The normalized spacial score (nSPS) is 34.6. The lowest BCUT2D eigenvalue weighted by molar-refractivity contribution is -0.201. The molecule has 0 amide bonds. The predicted octanol–water partition coefficient (Wildman–Crippen LogP) is -0.350. The Morgan fingerprint density at radius 1 is 1.57 bits per heavy atom. The molecule has 1 aromatic rings. The van der Waals surface area contributed by atoms with E-state index in [1.807, 2.05) is 0 Å². The zero-order valence-electron chi connectivity index (χ0n) is 12.9. The zero-order chi connectivity index (χ0) is 16.9. The third kappa shape index (κ3) is 2.49. The van der Waals surface area contributed by atoms with E-state index in [4.69, 9.17) is 14.0 Å². The van der Waals surface area contributed by atoms with Crippen LogP contribution >= 0.6 is 8.03 Å². The molecule has 2 aliphatic heterocycles. The molecule has 6 atom stereocenters. The van der Waals surface area contributed by atoms with Gasteiger partial charge in [-0.15, -0.1) is 4.52 Å². The Morgan fingerprint density at radius 2 is 2.26 bits per heavy atom. The van der Waals surface area contributed by atoms with Crippen LogP contribution in [0.2, 0.25) is 0 Å². The van der Waals surface area contributed by atoms with Gasteiger partial charge in [-0.05, 0) is 18.4 Å². The third-order valence-corrected chi connectivity index (χ3v) is 4.96. The molecule has 0 spiro atoms. The van der Waals surface area contributed by atoms with Crippen molar-refractivity contribution in [3.63, 3.8) is 0 Å².